The van der Waals surface area contributed by atoms with Gasteiger partial charge in [0.05, 0.1) is 5.92 Å². The van der Waals surface area contributed by atoms with E-state index in [0.717, 1.165) is 16.5 Å². The lowest BCUT2D eigenvalue weighted by Crippen LogP contribution is -2.25. The van der Waals surface area contributed by atoms with E-state index in [9.17, 15) is 9.59 Å². The van der Waals surface area contributed by atoms with Crippen molar-refractivity contribution in [1.82, 2.24) is 9.88 Å². The number of aromatic amines is 1. The van der Waals surface area contributed by atoms with Crippen LogP contribution in [0.15, 0.2) is 30.5 Å². The maximum Gasteiger partial charge on any atom is 0.308 e. The number of fused-ring (bicyclic) bond motifs is 1. The van der Waals surface area contributed by atoms with Gasteiger partial charge in [-0.05, 0) is 23.1 Å². The van der Waals surface area contributed by atoms with Crippen molar-refractivity contribution in [2.75, 3.05) is 6.54 Å². The van der Waals surface area contributed by atoms with E-state index in [0.29, 0.717) is 13.1 Å². The van der Waals surface area contributed by atoms with Gasteiger partial charge in [-0.1, -0.05) is 12.1 Å². The van der Waals surface area contributed by atoms with Crippen LogP contribution in [0.3, 0.4) is 0 Å². The van der Waals surface area contributed by atoms with Gasteiger partial charge in [0, 0.05) is 31.2 Å². The molecule has 0 aliphatic carbocycles. The van der Waals surface area contributed by atoms with Crippen LogP contribution in [0.25, 0.3) is 10.9 Å². The van der Waals surface area contributed by atoms with Crippen molar-refractivity contribution in [1.29, 1.82) is 0 Å². The fourth-order valence-electron chi connectivity index (χ4n) is 2.50. The molecule has 1 amide bonds. The zero-order chi connectivity index (χ0) is 13.4. The number of hydrogen-bond acceptors (Lipinski definition) is 2. The van der Waals surface area contributed by atoms with Crippen LogP contribution in [0, 0.1) is 5.92 Å². The number of nitrogens with zero attached hydrogens (tertiary/aromatic N) is 1. The molecule has 98 valence electrons. The molecule has 2 heterocycles. The number of H-pyrrole nitrogens is 1. The van der Waals surface area contributed by atoms with E-state index in [1.54, 1.807) is 4.90 Å². The maximum absolute atomic E-state index is 11.8. The normalized spacial score (nSPS) is 19.3. The molecule has 0 bridgehead atoms. The first-order chi connectivity index (χ1) is 9.13. The van der Waals surface area contributed by atoms with Crippen LogP contribution in [-0.2, 0) is 16.1 Å². The second-order valence-electron chi connectivity index (χ2n) is 4.91. The van der Waals surface area contributed by atoms with Gasteiger partial charge in [0.25, 0.3) is 0 Å². The number of carbonyl (C=O) groups excluding carboxylic acids is 1. The molecule has 0 saturated carbocycles. The average molecular weight is 258 g/mol. The minimum absolute atomic E-state index is 0.0843. The number of amides is 1. The van der Waals surface area contributed by atoms with Crippen molar-refractivity contribution in [3.63, 3.8) is 0 Å². The molecule has 1 aromatic heterocycles. The molecule has 1 aliphatic heterocycles. The van der Waals surface area contributed by atoms with Crippen LogP contribution < -0.4 is 0 Å². The number of aliphatic carboxylic acids is 1. The van der Waals surface area contributed by atoms with Gasteiger partial charge in [-0.15, -0.1) is 0 Å². The second-order valence-corrected chi connectivity index (χ2v) is 4.91. The summed E-state index contributed by atoms with van der Waals surface area (Å²) in [6.45, 7) is 0.772. The molecule has 3 rings (SSSR count). The average Bonchev–Trinajstić information content (AvgIpc) is 2.96. The highest BCUT2D eigenvalue weighted by Crippen LogP contribution is 2.22. The molecule has 5 heteroatoms. The highest BCUT2D eigenvalue weighted by Gasteiger charge is 2.33. The zero-order valence-corrected chi connectivity index (χ0v) is 10.3. The first-order valence-electron chi connectivity index (χ1n) is 6.20. The topological polar surface area (TPSA) is 73.4 Å². The number of benzene rings is 1. The first kappa shape index (κ1) is 11.8. The Morgan fingerprint density at radius 3 is 3.00 bits per heavy atom. The number of likely N-dealkylation sites (tertiary alicyclic amines) is 1. The van der Waals surface area contributed by atoms with Crippen LogP contribution in [-0.4, -0.2) is 33.4 Å². The fourth-order valence-corrected chi connectivity index (χ4v) is 2.50. The SMILES string of the molecule is O=C(O)[C@H]1CC(=O)N(Cc2ccc3cc[nH]c3c2)C1. The highest BCUT2D eigenvalue weighted by molar-refractivity contribution is 5.86. The van der Waals surface area contributed by atoms with Crippen molar-refractivity contribution in [2.45, 2.75) is 13.0 Å². The minimum atomic E-state index is -0.893. The molecule has 2 N–H and O–H groups in total. The number of nitrogens with one attached hydrogen (secondary N) is 1. The fraction of sp³-hybridized carbons (Fsp3) is 0.286. The molecular weight excluding hydrogens is 244 g/mol. The number of carboxylic acids is 1. The lowest BCUT2D eigenvalue weighted by Gasteiger charge is -2.16. The molecule has 0 radical (unpaired) electrons. The summed E-state index contributed by atoms with van der Waals surface area (Å²) in [6.07, 6.45) is 1.98. The van der Waals surface area contributed by atoms with Gasteiger partial charge in [-0.3, -0.25) is 9.59 Å². The summed E-state index contributed by atoms with van der Waals surface area (Å²) < 4.78 is 0. The number of carbonyl (C=O) groups is 2. The lowest BCUT2D eigenvalue weighted by molar-refractivity contribution is -0.141. The Labute approximate surface area is 109 Å². The highest BCUT2D eigenvalue weighted by atomic mass is 16.4. The smallest absolute Gasteiger partial charge is 0.308 e. The van der Waals surface area contributed by atoms with Crippen LogP contribution in [0.4, 0.5) is 0 Å². The summed E-state index contributed by atoms with van der Waals surface area (Å²) in [6, 6.07) is 7.95. The molecule has 1 aliphatic rings. The van der Waals surface area contributed by atoms with Gasteiger partial charge in [0.1, 0.15) is 0 Å². The van der Waals surface area contributed by atoms with Crippen LogP contribution in [0.2, 0.25) is 0 Å². The van der Waals surface area contributed by atoms with E-state index in [-0.39, 0.29) is 12.3 Å². The molecule has 2 aromatic rings. The maximum atomic E-state index is 11.8. The Balaban J connectivity index is 1.77. The number of carboxylic acid groups (broad SMARTS) is 1. The molecule has 19 heavy (non-hydrogen) atoms. The summed E-state index contributed by atoms with van der Waals surface area (Å²) in [5.74, 6) is -1.55. The van der Waals surface area contributed by atoms with E-state index in [1.807, 2.05) is 30.5 Å². The predicted octanol–water partition coefficient (Wildman–Crippen LogP) is 1.60. The molecule has 1 aromatic carbocycles. The Kier molecular flexibility index (Phi) is 2.74. The predicted molar refractivity (Wildman–Crippen MR) is 69.5 cm³/mol. The Morgan fingerprint density at radius 1 is 1.42 bits per heavy atom. The van der Waals surface area contributed by atoms with Gasteiger partial charge in [0.2, 0.25) is 5.91 Å². The van der Waals surface area contributed by atoms with Crippen molar-refractivity contribution in [3.05, 3.63) is 36.0 Å². The largest absolute Gasteiger partial charge is 0.481 e. The van der Waals surface area contributed by atoms with Crippen LogP contribution >= 0.6 is 0 Å². The van der Waals surface area contributed by atoms with Crippen LogP contribution in [0.1, 0.15) is 12.0 Å². The zero-order valence-electron chi connectivity index (χ0n) is 10.3. The van der Waals surface area contributed by atoms with Crippen molar-refractivity contribution in [3.8, 4) is 0 Å². The molecule has 0 unspecified atom stereocenters. The van der Waals surface area contributed by atoms with Gasteiger partial charge in [0.15, 0.2) is 0 Å². The monoisotopic (exact) mass is 258 g/mol. The first-order valence-corrected chi connectivity index (χ1v) is 6.20. The molecule has 5 nitrogen and oxygen atoms in total. The summed E-state index contributed by atoms with van der Waals surface area (Å²) in [5.41, 5.74) is 2.04. The minimum Gasteiger partial charge on any atom is -0.481 e. The molecule has 0 spiro atoms. The third-order valence-corrected chi connectivity index (χ3v) is 3.56. The Morgan fingerprint density at radius 2 is 2.26 bits per heavy atom. The quantitative estimate of drug-likeness (QED) is 0.878. The third kappa shape index (κ3) is 2.19. The molecule has 1 atom stereocenters. The molecule has 1 fully saturated rings. The lowest BCUT2D eigenvalue weighted by atomic mass is 10.1. The summed E-state index contributed by atoms with van der Waals surface area (Å²) in [7, 11) is 0. The van der Waals surface area contributed by atoms with E-state index in [4.69, 9.17) is 5.11 Å². The van der Waals surface area contributed by atoms with Crippen molar-refractivity contribution < 1.29 is 14.7 Å². The summed E-state index contributed by atoms with van der Waals surface area (Å²) in [5, 5.41) is 10.1. The van der Waals surface area contributed by atoms with Gasteiger partial charge in [-0.2, -0.15) is 0 Å². The van der Waals surface area contributed by atoms with E-state index < -0.39 is 11.9 Å². The molecule has 1 saturated heterocycles. The van der Waals surface area contributed by atoms with Crippen molar-refractivity contribution >= 4 is 22.8 Å². The summed E-state index contributed by atoms with van der Waals surface area (Å²) in [4.78, 5) is 27.4. The molecular formula is C14H14N2O3. The van der Waals surface area contributed by atoms with Gasteiger partial charge < -0.3 is 15.0 Å². The van der Waals surface area contributed by atoms with Crippen LogP contribution in [0.5, 0.6) is 0 Å². The van der Waals surface area contributed by atoms with E-state index in [1.165, 1.54) is 0 Å². The van der Waals surface area contributed by atoms with E-state index >= 15 is 0 Å². The van der Waals surface area contributed by atoms with E-state index in [2.05, 4.69) is 4.98 Å². The standard InChI is InChI=1S/C14H14N2O3/c17-13-6-11(14(18)19)8-16(13)7-9-1-2-10-3-4-15-12(10)5-9/h1-5,11,15H,6-8H2,(H,18,19)/t11-/m0/s1. The Bertz CT molecular complexity index is 647. The second kappa shape index (κ2) is 4.42. The third-order valence-electron chi connectivity index (χ3n) is 3.56. The number of hydrogen-bond donors (Lipinski definition) is 2. The summed E-state index contributed by atoms with van der Waals surface area (Å²) >= 11 is 0. The van der Waals surface area contributed by atoms with Gasteiger partial charge in [-0.25, -0.2) is 0 Å². The Hall–Kier alpha value is -2.30. The number of aromatic nitrogens is 1. The van der Waals surface area contributed by atoms with Crippen molar-refractivity contribution in [2.24, 2.45) is 5.92 Å². The van der Waals surface area contributed by atoms with Gasteiger partial charge >= 0.3 is 5.97 Å². The number of rotatable bonds is 3.